The van der Waals surface area contributed by atoms with Gasteiger partial charge in [0.1, 0.15) is 11.9 Å². The van der Waals surface area contributed by atoms with Crippen LogP contribution in [0.1, 0.15) is 12.0 Å². The zero-order valence-corrected chi connectivity index (χ0v) is 8.95. The summed E-state index contributed by atoms with van der Waals surface area (Å²) in [6.45, 7) is 1.89. The number of para-hydroxylation sites is 1. The predicted octanol–water partition coefficient (Wildman–Crippen LogP) is 0.922. The molecule has 2 aliphatic rings. The smallest absolute Gasteiger partial charge is 0.228 e. The van der Waals surface area contributed by atoms with E-state index in [9.17, 15) is 4.79 Å². The van der Waals surface area contributed by atoms with Gasteiger partial charge in [-0.1, -0.05) is 12.1 Å². The van der Waals surface area contributed by atoms with Crippen molar-refractivity contribution in [2.45, 2.75) is 18.9 Å². The summed E-state index contributed by atoms with van der Waals surface area (Å²) in [7, 11) is 0. The van der Waals surface area contributed by atoms with Crippen molar-refractivity contribution in [2.75, 3.05) is 18.4 Å². The number of hydrogen-bond acceptors (Lipinski definition) is 3. The molecule has 0 spiro atoms. The Labute approximate surface area is 94.0 Å². The first-order valence-electron chi connectivity index (χ1n) is 5.62. The molecule has 0 radical (unpaired) electrons. The molecule has 2 N–H and O–H groups in total. The van der Waals surface area contributed by atoms with Crippen molar-refractivity contribution >= 4 is 11.6 Å². The summed E-state index contributed by atoms with van der Waals surface area (Å²) in [5.74, 6) is 0.854. The maximum absolute atomic E-state index is 11.3. The SMILES string of the molecule is O=C1Cc2cccc(OC3CCNC3)c2N1. The summed E-state index contributed by atoms with van der Waals surface area (Å²) in [5, 5.41) is 6.11. The van der Waals surface area contributed by atoms with Crippen LogP contribution in [0, 0.1) is 0 Å². The summed E-state index contributed by atoms with van der Waals surface area (Å²) < 4.78 is 5.89. The van der Waals surface area contributed by atoms with Gasteiger partial charge in [-0.15, -0.1) is 0 Å². The number of hydrogen-bond donors (Lipinski definition) is 2. The Morgan fingerprint density at radius 2 is 2.31 bits per heavy atom. The number of rotatable bonds is 2. The summed E-state index contributed by atoms with van der Waals surface area (Å²) in [6.07, 6.45) is 1.72. The Balaban J connectivity index is 1.85. The van der Waals surface area contributed by atoms with Crippen molar-refractivity contribution in [1.29, 1.82) is 0 Å². The lowest BCUT2D eigenvalue weighted by Crippen LogP contribution is -2.20. The first-order chi connectivity index (χ1) is 7.83. The van der Waals surface area contributed by atoms with Crippen molar-refractivity contribution in [1.82, 2.24) is 5.32 Å². The number of carbonyl (C=O) groups is 1. The largest absolute Gasteiger partial charge is 0.487 e. The third kappa shape index (κ3) is 1.65. The van der Waals surface area contributed by atoms with Gasteiger partial charge in [0, 0.05) is 6.54 Å². The Hall–Kier alpha value is -1.55. The van der Waals surface area contributed by atoms with Crippen LogP contribution < -0.4 is 15.4 Å². The van der Waals surface area contributed by atoms with Crippen LogP contribution in [0.3, 0.4) is 0 Å². The minimum absolute atomic E-state index is 0.0515. The van der Waals surface area contributed by atoms with E-state index in [0.29, 0.717) is 6.42 Å². The summed E-state index contributed by atoms with van der Waals surface area (Å²) in [5.41, 5.74) is 1.90. The number of fused-ring (bicyclic) bond motifs is 1. The molecule has 2 aliphatic heterocycles. The quantitative estimate of drug-likeness (QED) is 0.776. The third-order valence-corrected chi connectivity index (χ3v) is 3.04. The maximum atomic E-state index is 11.3. The van der Waals surface area contributed by atoms with E-state index in [1.807, 2.05) is 18.2 Å². The Morgan fingerprint density at radius 1 is 1.38 bits per heavy atom. The van der Waals surface area contributed by atoms with Gasteiger partial charge in [0.15, 0.2) is 0 Å². The molecule has 3 rings (SSSR count). The molecule has 0 aliphatic carbocycles. The minimum Gasteiger partial charge on any atom is -0.487 e. The number of carbonyl (C=O) groups excluding carboxylic acids is 1. The van der Waals surface area contributed by atoms with Gasteiger partial charge in [0.05, 0.1) is 12.1 Å². The fourth-order valence-corrected chi connectivity index (χ4v) is 2.23. The van der Waals surface area contributed by atoms with Gasteiger partial charge in [0.25, 0.3) is 0 Å². The number of ether oxygens (including phenoxy) is 1. The van der Waals surface area contributed by atoms with E-state index >= 15 is 0 Å². The lowest BCUT2D eigenvalue weighted by Gasteiger charge is -2.15. The van der Waals surface area contributed by atoms with Crippen LogP contribution in [0.2, 0.25) is 0 Å². The van der Waals surface area contributed by atoms with Gasteiger partial charge < -0.3 is 15.4 Å². The Morgan fingerprint density at radius 3 is 3.12 bits per heavy atom. The molecule has 0 saturated carbocycles. The lowest BCUT2D eigenvalue weighted by molar-refractivity contribution is -0.115. The topological polar surface area (TPSA) is 50.4 Å². The number of nitrogens with one attached hydrogen (secondary N) is 2. The molecule has 4 heteroatoms. The Bertz CT molecular complexity index is 425. The second-order valence-corrected chi connectivity index (χ2v) is 4.25. The van der Waals surface area contributed by atoms with Gasteiger partial charge in [0.2, 0.25) is 5.91 Å². The molecule has 0 aromatic heterocycles. The molecule has 1 saturated heterocycles. The van der Waals surface area contributed by atoms with Crippen LogP contribution >= 0.6 is 0 Å². The molecule has 1 aromatic carbocycles. The van der Waals surface area contributed by atoms with E-state index in [1.165, 1.54) is 0 Å². The molecule has 1 atom stereocenters. The first kappa shape index (κ1) is 9.66. The van der Waals surface area contributed by atoms with E-state index < -0.39 is 0 Å². The van der Waals surface area contributed by atoms with E-state index in [4.69, 9.17) is 4.74 Å². The van der Waals surface area contributed by atoms with Crippen molar-refractivity contribution in [3.05, 3.63) is 23.8 Å². The molecule has 4 nitrogen and oxygen atoms in total. The highest BCUT2D eigenvalue weighted by Crippen LogP contribution is 2.34. The number of benzene rings is 1. The zero-order chi connectivity index (χ0) is 11.0. The van der Waals surface area contributed by atoms with E-state index in [2.05, 4.69) is 10.6 Å². The molecule has 16 heavy (non-hydrogen) atoms. The van der Waals surface area contributed by atoms with E-state index in [1.54, 1.807) is 0 Å². The highest BCUT2D eigenvalue weighted by molar-refractivity contribution is 6.00. The fourth-order valence-electron chi connectivity index (χ4n) is 2.23. The molecule has 1 amide bonds. The van der Waals surface area contributed by atoms with Crippen LogP contribution in [-0.4, -0.2) is 25.1 Å². The third-order valence-electron chi connectivity index (χ3n) is 3.04. The second kappa shape index (κ2) is 3.79. The second-order valence-electron chi connectivity index (χ2n) is 4.25. The van der Waals surface area contributed by atoms with Crippen LogP contribution in [0.15, 0.2) is 18.2 Å². The zero-order valence-electron chi connectivity index (χ0n) is 8.95. The molecule has 1 fully saturated rings. The normalized spacial score (nSPS) is 23.0. The monoisotopic (exact) mass is 218 g/mol. The van der Waals surface area contributed by atoms with Crippen molar-refractivity contribution in [3.8, 4) is 5.75 Å². The van der Waals surface area contributed by atoms with Crippen LogP contribution in [0.4, 0.5) is 5.69 Å². The van der Waals surface area contributed by atoms with Gasteiger partial charge >= 0.3 is 0 Å². The van der Waals surface area contributed by atoms with E-state index in [0.717, 1.165) is 36.5 Å². The minimum atomic E-state index is 0.0515. The molecule has 0 bridgehead atoms. The van der Waals surface area contributed by atoms with Crippen LogP contribution in [-0.2, 0) is 11.2 Å². The average molecular weight is 218 g/mol. The van der Waals surface area contributed by atoms with E-state index in [-0.39, 0.29) is 12.0 Å². The van der Waals surface area contributed by atoms with Gasteiger partial charge in [-0.05, 0) is 24.6 Å². The summed E-state index contributed by atoms with van der Waals surface area (Å²) in [6, 6.07) is 5.83. The fraction of sp³-hybridized carbons (Fsp3) is 0.417. The first-order valence-corrected chi connectivity index (χ1v) is 5.62. The van der Waals surface area contributed by atoms with Crippen molar-refractivity contribution in [2.24, 2.45) is 0 Å². The predicted molar refractivity (Wildman–Crippen MR) is 60.7 cm³/mol. The molecule has 84 valence electrons. The molecule has 1 aromatic rings. The highest BCUT2D eigenvalue weighted by Gasteiger charge is 2.23. The van der Waals surface area contributed by atoms with Crippen LogP contribution in [0.25, 0.3) is 0 Å². The highest BCUT2D eigenvalue weighted by atomic mass is 16.5. The van der Waals surface area contributed by atoms with Crippen molar-refractivity contribution in [3.63, 3.8) is 0 Å². The Kier molecular flexibility index (Phi) is 2.29. The molecule has 1 unspecified atom stereocenters. The van der Waals surface area contributed by atoms with Gasteiger partial charge in [-0.3, -0.25) is 4.79 Å². The standard InChI is InChI=1S/C12H14N2O2/c15-11-6-8-2-1-3-10(12(8)14-11)16-9-4-5-13-7-9/h1-3,9,13H,4-7H2,(H,14,15). The maximum Gasteiger partial charge on any atom is 0.228 e. The molecular formula is C12H14N2O2. The number of amides is 1. The summed E-state index contributed by atoms with van der Waals surface area (Å²) in [4.78, 5) is 11.3. The van der Waals surface area contributed by atoms with Gasteiger partial charge in [-0.25, -0.2) is 0 Å². The van der Waals surface area contributed by atoms with Gasteiger partial charge in [-0.2, -0.15) is 0 Å². The van der Waals surface area contributed by atoms with Crippen molar-refractivity contribution < 1.29 is 9.53 Å². The number of anilines is 1. The van der Waals surface area contributed by atoms with Crippen LogP contribution in [0.5, 0.6) is 5.75 Å². The average Bonchev–Trinajstić information content (AvgIpc) is 2.86. The molecule has 2 heterocycles. The molecular weight excluding hydrogens is 204 g/mol. The summed E-state index contributed by atoms with van der Waals surface area (Å²) >= 11 is 0. The lowest BCUT2D eigenvalue weighted by atomic mass is 10.1.